The summed E-state index contributed by atoms with van der Waals surface area (Å²) in [7, 11) is 0. The zero-order valence-electron chi connectivity index (χ0n) is 33.4. The lowest BCUT2D eigenvalue weighted by atomic mass is 9.86. The van der Waals surface area contributed by atoms with Crippen molar-refractivity contribution in [1.29, 1.82) is 0 Å². The number of hydrogen-bond acceptors (Lipinski definition) is 10. The number of carbonyl (C=O) groups excluding carboxylic acids is 2. The number of fused-ring (bicyclic) bond motifs is 4. The number of alkyl carbamates (subject to hydrolysis) is 1. The number of rotatable bonds is 15. The van der Waals surface area contributed by atoms with E-state index in [1.165, 1.54) is 18.2 Å². The molecule has 5 aromatic carbocycles. The number of amides is 1. The van der Waals surface area contributed by atoms with E-state index in [0.717, 1.165) is 49.2 Å². The van der Waals surface area contributed by atoms with E-state index in [2.05, 4.69) is 20.5 Å². The maximum absolute atomic E-state index is 15.0. The predicted molar refractivity (Wildman–Crippen MR) is 226 cm³/mol. The van der Waals surface area contributed by atoms with Gasteiger partial charge in [0.2, 0.25) is 5.56 Å². The molecule has 0 spiro atoms. The molecule has 12 nitrogen and oxygen atoms in total. The van der Waals surface area contributed by atoms with Crippen LogP contribution in [0.25, 0.3) is 10.9 Å². The first-order valence-corrected chi connectivity index (χ1v) is 20.4. The van der Waals surface area contributed by atoms with Crippen LogP contribution in [0.15, 0.2) is 126 Å². The van der Waals surface area contributed by atoms with E-state index in [0.29, 0.717) is 33.7 Å². The van der Waals surface area contributed by atoms with Crippen LogP contribution in [0.3, 0.4) is 0 Å². The maximum atomic E-state index is 15.0. The summed E-state index contributed by atoms with van der Waals surface area (Å²) in [6.07, 6.45) is 0.592. The number of benzene rings is 5. The Kier molecular flexibility index (Phi) is 12.7. The minimum absolute atomic E-state index is 0.0977. The number of halogens is 1. The third kappa shape index (κ3) is 10.1. The van der Waals surface area contributed by atoms with E-state index < -0.39 is 30.0 Å². The number of aliphatic hydroxyl groups is 1. The summed E-state index contributed by atoms with van der Waals surface area (Å²) < 4.78 is 32.6. The minimum Gasteiger partial charge on any atom is -0.506 e. The van der Waals surface area contributed by atoms with Crippen LogP contribution in [0.2, 0.25) is 0 Å². The number of phenols is 1. The van der Waals surface area contributed by atoms with Gasteiger partial charge in [0.05, 0.1) is 23.2 Å². The average Bonchev–Trinajstić information content (AvgIpc) is 3.28. The average molecular weight is 827 g/mol. The van der Waals surface area contributed by atoms with Crippen molar-refractivity contribution in [3.8, 4) is 11.5 Å². The number of carbonyl (C=O) groups is 2. The Balaban J connectivity index is 0.813. The Morgan fingerprint density at radius 1 is 0.852 bits per heavy atom. The Morgan fingerprint density at radius 3 is 2.38 bits per heavy atom. The van der Waals surface area contributed by atoms with E-state index in [4.69, 9.17) is 14.2 Å². The lowest BCUT2D eigenvalue weighted by molar-refractivity contribution is -0.0336. The first kappa shape index (κ1) is 41.2. The lowest BCUT2D eigenvalue weighted by Crippen LogP contribution is -2.52. The molecule has 314 valence electrons. The Bertz CT molecular complexity index is 2540. The monoisotopic (exact) mass is 826 g/mol. The number of nitrogens with one attached hydrogen (secondary N) is 3. The number of hydrogen-bond donors (Lipinski definition) is 5. The number of esters is 1. The van der Waals surface area contributed by atoms with Crippen LogP contribution < -0.4 is 20.9 Å². The summed E-state index contributed by atoms with van der Waals surface area (Å²) in [6.45, 7) is 3.26. The fourth-order valence-corrected chi connectivity index (χ4v) is 8.08. The molecule has 0 aliphatic carbocycles. The number of aromatic nitrogens is 1. The number of phenolic OH excluding ortho intramolecular Hbond substituents is 1. The minimum atomic E-state index is -0.961. The van der Waals surface area contributed by atoms with Crippen molar-refractivity contribution < 1.29 is 38.4 Å². The molecular weight excluding hydrogens is 780 g/mol. The van der Waals surface area contributed by atoms with Crippen LogP contribution in [-0.4, -0.2) is 64.4 Å². The molecule has 2 bridgehead atoms. The second kappa shape index (κ2) is 18.8. The van der Waals surface area contributed by atoms with Gasteiger partial charge in [-0.2, -0.15) is 0 Å². The Morgan fingerprint density at radius 2 is 1.62 bits per heavy atom. The van der Waals surface area contributed by atoms with Crippen LogP contribution in [0, 0.1) is 11.7 Å². The summed E-state index contributed by atoms with van der Waals surface area (Å²) in [6, 6.07) is 34.1. The SMILES string of the molecule is O=C(N[C@@H](c1ccccc1)c1cccc(OCc2ccc(C(=O)OCc3ccc(CNCC(O)c4ccc(O)c5[nH]c(=O)ccc45)cc3F)cc2)c1)OC1CN2CCC1CC2. The number of aromatic hydroxyl groups is 1. The molecule has 0 saturated carbocycles. The third-order valence-corrected chi connectivity index (χ3v) is 11.4. The summed E-state index contributed by atoms with van der Waals surface area (Å²) >= 11 is 0. The number of pyridine rings is 1. The maximum Gasteiger partial charge on any atom is 0.408 e. The predicted octanol–water partition coefficient (Wildman–Crippen LogP) is 7.04. The van der Waals surface area contributed by atoms with E-state index >= 15 is 4.39 Å². The van der Waals surface area contributed by atoms with Gasteiger partial charge in [-0.25, -0.2) is 14.0 Å². The molecule has 3 aliphatic heterocycles. The van der Waals surface area contributed by atoms with Crippen LogP contribution >= 0.6 is 0 Å². The molecule has 9 rings (SSSR count). The van der Waals surface area contributed by atoms with Crippen molar-refractivity contribution in [3.05, 3.63) is 176 Å². The van der Waals surface area contributed by atoms with Crippen molar-refractivity contribution in [1.82, 2.24) is 20.5 Å². The van der Waals surface area contributed by atoms with Crippen molar-refractivity contribution >= 4 is 23.0 Å². The van der Waals surface area contributed by atoms with Crippen LogP contribution in [-0.2, 0) is 29.2 Å². The first-order chi connectivity index (χ1) is 29.7. The molecule has 13 heteroatoms. The molecular formula is C48H47FN4O8. The van der Waals surface area contributed by atoms with Crippen molar-refractivity contribution in [2.45, 2.75) is 50.8 Å². The van der Waals surface area contributed by atoms with E-state index in [1.807, 2.05) is 54.6 Å². The summed E-state index contributed by atoms with van der Waals surface area (Å²) in [5, 5.41) is 27.6. The number of aromatic amines is 1. The van der Waals surface area contributed by atoms with Gasteiger partial charge in [-0.1, -0.05) is 72.8 Å². The van der Waals surface area contributed by atoms with Gasteiger partial charge in [-0.3, -0.25) is 9.69 Å². The normalized spacial score (nSPS) is 18.0. The largest absolute Gasteiger partial charge is 0.506 e. The van der Waals surface area contributed by atoms with Gasteiger partial charge >= 0.3 is 12.1 Å². The Hall–Kier alpha value is -6.54. The quantitative estimate of drug-likeness (QED) is 0.0679. The lowest BCUT2D eigenvalue weighted by Gasteiger charge is -2.43. The summed E-state index contributed by atoms with van der Waals surface area (Å²) in [5.74, 6) is -0.221. The van der Waals surface area contributed by atoms with Gasteiger partial charge in [0.25, 0.3) is 0 Å². The molecule has 0 radical (unpaired) electrons. The molecule has 61 heavy (non-hydrogen) atoms. The van der Waals surface area contributed by atoms with E-state index in [1.54, 1.807) is 48.5 Å². The molecule has 1 aromatic heterocycles. The Labute approximate surface area is 351 Å². The standard InChI is InChI=1S/C48H47FN4O8/c49-40-23-31(25-50-26-42(55)38-15-17-41(54)46-39(38)16-18-44(56)51-46)11-14-36(40)29-60-47(57)34-12-9-30(10-13-34)28-59-37-8-4-7-35(24-37)45(33-5-2-1-3-6-33)52-48(58)61-43-27-53-21-19-32(43)20-22-53/h1-18,23-24,32,42-43,45,50,54-55H,19-22,25-29H2,(H,51,56)(H,52,58)/t42?,43?,45-/m0/s1. The zero-order valence-corrected chi connectivity index (χ0v) is 33.4. The molecule has 2 unspecified atom stereocenters. The molecule has 3 aliphatic rings. The number of nitrogens with zero attached hydrogens (tertiary/aromatic N) is 1. The summed E-state index contributed by atoms with van der Waals surface area (Å²) in [4.78, 5) is 42.7. The number of aliphatic hydroxyl groups excluding tert-OH is 1. The molecule has 3 atom stereocenters. The van der Waals surface area contributed by atoms with E-state index in [9.17, 15) is 24.6 Å². The van der Waals surface area contributed by atoms with Crippen molar-refractivity contribution in [2.24, 2.45) is 5.92 Å². The molecule has 3 saturated heterocycles. The zero-order chi connectivity index (χ0) is 42.3. The number of H-pyrrole nitrogens is 1. The second-order valence-corrected chi connectivity index (χ2v) is 15.6. The van der Waals surface area contributed by atoms with Crippen LogP contribution in [0.4, 0.5) is 9.18 Å². The highest BCUT2D eigenvalue weighted by atomic mass is 19.1. The molecule has 1 amide bonds. The van der Waals surface area contributed by atoms with Gasteiger partial charge in [0, 0.05) is 36.7 Å². The molecule has 4 heterocycles. The third-order valence-electron chi connectivity index (χ3n) is 11.4. The topological polar surface area (TPSA) is 162 Å². The molecule has 5 N–H and O–H groups in total. The molecule has 3 fully saturated rings. The van der Waals surface area contributed by atoms with Crippen molar-refractivity contribution in [3.63, 3.8) is 0 Å². The summed E-state index contributed by atoms with van der Waals surface area (Å²) in [5.41, 5.74) is 4.10. The van der Waals surface area contributed by atoms with Crippen LogP contribution in [0.1, 0.15) is 68.7 Å². The highest BCUT2D eigenvalue weighted by Gasteiger charge is 2.37. The van der Waals surface area contributed by atoms with E-state index in [-0.39, 0.29) is 54.8 Å². The molecule has 6 aromatic rings. The smallest absolute Gasteiger partial charge is 0.408 e. The number of piperidine rings is 3. The van der Waals surface area contributed by atoms with Gasteiger partial charge < -0.3 is 40.0 Å². The van der Waals surface area contributed by atoms with Crippen molar-refractivity contribution in [2.75, 3.05) is 26.2 Å². The first-order valence-electron chi connectivity index (χ1n) is 20.4. The highest BCUT2D eigenvalue weighted by molar-refractivity contribution is 5.89. The van der Waals surface area contributed by atoms with Gasteiger partial charge in [-0.05, 0) is 102 Å². The highest BCUT2D eigenvalue weighted by Crippen LogP contribution is 2.32. The fourth-order valence-electron chi connectivity index (χ4n) is 8.08. The van der Waals surface area contributed by atoms with Gasteiger partial charge in [0.15, 0.2) is 0 Å². The second-order valence-electron chi connectivity index (χ2n) is 15.6. The van der Waals surface area contributed by atoms with Crippen LogP contribution in [0.5, 0.6) is 11.5 Å². The van der Waals surface area contributed by atoms with Gasteiger partial charge in [0.1, 0.15) is 36.6 Å². The van der Waals surface area contributed by atoms with Gasteiger partial charge in [-0.15, -0.1) is 0 Å². The fraction of sp³-hybridized carbons (Fsp3) is 0.271. The number of ether oxygens (including phenoxy) is 3.